The van der Waals surface area contributed by atoms with Crippen molar-refractivity contribution in [3.05, 3.63) is 105 Å². The largest absolute Gasteiger partial charge is 0.497 e. The quantitative estimate of drug-likeness (QED) is 0.393. The molecule has 1 N–H and O–H groups in total. The summed E-state index contributed by atoms with van der Waals surface area (Å²) in [6, 6.07) is 23.6. The zero-order valence-corrected chi connectivity index (χ0v) is 19.9. The topological polar surface area (TPSA) is 60.3 Å². The summed E-state index contributed by atoms with van der Waals surface area (Å²) < 4.78 is 6.94. The number of carbonyl (C=O) groups excluding carboxylic acids is 1. The molecule has 0 spiro atoms. The van der Waals surface area contributed by atoms with E-state index in [9.17, 15) is 9.59 Å². The highest BCUT2D eigenvalue weighted by Crippen LogP contribution is 2.22. The number of para-hydroxylation sites is 1. The lowest BCUT2D eigenvalue weighted by Crippen LogP contribution is -2.30. The number of ether oxygens (including phenoxy) is 1. The Balaban J connectivity index is 1.67. The molecule has 34 heavy (non-hydrogen) atoms. The van der Waals surface area contributed by atoms with E-state index in [1.54, 1.807) is 11.7 Å². The molecule has 1 aromatic heterocycles. The van der Waals surface area contributed by atoms with Gasteiger partial charge in [-0.2, -0.15) is 0 Å². The molecule has 0 saturated carbocycles. The molecule has 0 radical (unpaired) electrons. The van der Waals surface area contributed by atoms with Crippen molar-refractivity contribution >= 4 is 22.5 Å². The van der Waals surface area contributed by atoms with Gasteiger partial charge in [0.1, 0.15) is 12.3 Å². The molecule has 3 aromatic carbocycles. The van der Waals surface area contributed by atoms with Crippen LogP contribution in [0.2, 0.25) is 0 Å². The first kappa shape index (κ1) is 23.3. The molecule has 0 fully saturated rings. The van der Waals surface area contributed by atoms with E-state index in [1.807, 2.05) is 55.5 Å². The molecule has 5 nitrogen and oxygen atoms in total. The first-order chi connectivity index (χ1) is 16.5. The van der Waals surface area contributed by atoms with Gasteiger partial charge in [0.05, 0.1) is 12.6 Å². The van der Waals surface area contributed by atoms with Crippen LogP contribution < -0.4 is 15.6 Å². The van der Waals surface area contributed by atoms with E-state index in [0.717, 1.165) is 29.5 Å². The summed E-state index contributed by atoms with van der Waals surface area (Å²) in [5.74, 6) is 0.410. The van der Waals surface area contributed by atoms with Crippen LogP contribution in [0.1, 0.15) is 29.2 Å². The average molecular weight is 455 g/mol. The molecule has 0 aliphatic carbocycles. The second-order valence-electron chi connectivity index (χ2n) is 8.53. The number of anilines is 1. The Hall–Kier alpha value is -3.86. The lowest BCUT2D eigenvalue weighted by Gasteiger charge is -2.15. The Morgan fingerprint density at radius 2 is 1.71 bits per heavy atom. The zero-order valence-electron chi connectivity index (χ0n) is 19.9. The lowest BCUT2D eigenvalue weighted by atomic mass is 10.0. The molecule has 0 bridgehead atoms. The Morgan fingerprint density at radius 1 is 0.941 bits per heavy atom. The summed E-state index contributed by atoms with van der Waals surface area (Å²) >= 11 is 0. The molecular formula is C29H30N2O3. The van der Waals surface area contributed by atoms with Crippen molar-refractivity contribution in [2.45, 2.75) is 39.7 Å². The predicted molar refractivity (Wildman–Crippen MR) is 138 cm³/mol. The van der Waals surface area contributed by atoms with Gasteiger partial charge in [0.15, 0.2) is 0 Å². The fraction of sp³-hybridized carbons (Fsp3) is 0.241. The number of hydrogen-bond acceptors (Lipinski definition) is 3. The summed E-state index contributed by atoms with van der Waals surface area (Å²) in [5.41, 5.74) is 5.46. The fourth-order valence-electron chi connectivity index (χ4n) is 4.19. The highest BCUT2D eigenvalue weighted by Gasteiger charge is 2.14. The van der Waals surface area contributed by atoms with Gasteiger partial charge in [-0.05, 0) is 67.0 Å². The van der Waals surface area contributed by atoms with E-state index in [4.69, 9.17) is 4.74 Å². The van der Waals surface area contributed by atoms with E-state index in [0.29, 0.717) is 23.3 Å². The van der Waals surface area contributed by atoms with Crippen LogP contribution in [0.15, 0.2) is 77.6 Å². The Bertz CT molecular complexity index is 1370. The van der Waals surface area contributed by atoms with Crippen LogP contribution in [0.4, 0.5) is 5.69 Å². The number of carbonyl (C=O) groups is 1. The number of amides is 1. The molecule has 4 aromatic rings. The molecule has 4 rings (SSSR count). The third-order valence-electron chi connectivity index (χ3n) is 6.16. The molecule has 174 valence electrons. The smallest absolute Gasteiger partial charge is 0.254 e. The number of hydrogen-bond donors (Lipinski definition) is 1. The van der Waals surface area contributed by atoms with Crippen LogP contribution in [0.5, 0.6) is 5.75 Å². The van der Waals surface area contributed by atoms with Crippen LogP contribution >= 0.6 is 0 Å². The second-order valence-corrected chi connectivity index (χ2v) is 8.53. The molecule has 0 atom stereocenters. The summed E-state index contributed by atoms with van der Waals surface area (Å²) in [6.45, 7) is 4.04. The molecule has 0 aliphatic rings. The number of aromatic nitrogens is 1. The fourth-order valence-corrected chi connectivity index (χ4v) is 4.19. The highest BCUT2D eigenvalue weighted by molar-refractivity contribution is 5.92. The second kappa shape index (κ2) is 10.4. The van der Waals surface area contributed by atoms with Crippen molar-refractivity contribution in [1.29, 1.82) is 0 Å². The number of pyridine rings is 1. The number of benzene rings is 3. The van der Waals surface area contributed by atoms with E-state index in [-0.39, 0.29) is 18.0 Å². The molecule has 0 saturated heterocycles. The molecule has 1 heterocycles. The van der Waals surface area contributed by atoms with Crippen molar-refractivity contribution in [3.8, 4) is 5.75 Å². The normalized spacial score (nSPS) is 10.9. The van der Waals surface area contributed by atoms with Crippen LogP contribution in [0, 0.1) is 6.92 Å². The van der Waals surface area contributed by atoms with Gasteiger partial charge >= 0.3 is 0 Å². The minimum atomic E-state index is -0.234. The number of nitrogens with zero attached hydrogens (tertiary/aromatic N) is 1. The molecule has 0 aliphatic heterocycles. The summed E-state index contributed by atoms with van der Waals surface area (Å²) in [4.78, 5) is 26.5. The zero-order chi connectivity index (χ0) is 24.1. The van der Waals surface area contributed by atoms with Crippen molar-refractivity contribution < 1.29 is 9.53 Å². The molecule has 5 heteroatoms. The van der Waals surface area contributed by atoms with Crippen molar-refractivity contribution in [2.24, 2.45) is 0 Å². The van der Waals surface area contributed by atoms with Gasteiger partial charge in [0.2, 0.25) is 5.91 Å². The van der Waals surface area contributed by atoms with Crippen LogP contribution in [0.3, 0.4) is 0 Å². The first-order valence-corrected chi connectivity index (χ1v) is 11.6. The SMILES string of the molecule is CCc1ccccc1NC(=O)Cn1c(=O)c(CCc2ccc(C)cc2)cc2ccc(OC)cc21. The van der Waals surface area contributed by atoms with E-state index in [1.165, 1.54) is 11.1 Å². The third kappa shape index (κ3) is 5.20. The van der Waals surface area contributed by atoms with Gasteiger partial charge in [-0.25, -0.2) is 0 Å². The summed E-state index contributed by atoms with van der Waals surface area (Å²) in [5, 5.41) is 3.89. The van der Waals surface area contributed by atoms with Crippen LogP contribution in [-0.4, -0.2) is 17.6 Å². The highest BCUT2D eigenvalue weighted by atomic mass is 16.5. The van der Waals surface area contributed by atoms with E-state index < -0.39 is 0 Å². The van der Waals surface area contributed by atoms with Crippen molar-refractivity contribution in [3.63, 3.8) is 0 Å². The van der Waals surface area contributed by atoms with Gasteiger partial charge in [-0.1, -0.05) is 55.0 Å². The third-order valence-corrected chi connectivity index (χ3v) is 6.16. The van der Waals surface area contributed by atoms with Crippen LogP contribution in [-0.2, 0) is 30.6 Å². The number of nitrogens with one attached hydrogen (secondary N) is 1. The van der Waals surface area contributed by atoms with Crippen molar-refractivity contribution in [2.75, 3.05) is 12.4 Å². The first-order valence-electron chi connectivity index (χ1n) is 11.6. The molecule has 0 unspecified atom stereocenters. The minimum Gasteiger partial charge on any atom is -0.497 e. The van der Waals surface area contributed by atoms with Gasteiger partial charge < -0.3 is 10.1 Å². The Morgan fingerprint density at radius 3 is 2.44 bits per heavy atom. The summed E-state index contributed by atoms with van der Waals surface area (Å²) in [6.07, 6.45) is 2.17. The lowest BCUT2D eigenvalue weighted by molar-refractivity contribution is -0.116. The van der Waals surface area contributed by atoms with Gasteiger partial charge in [-0.15, -0.1) is 0 Å². The van der Waals surface area contributed by atoms with Gasteiger partial charge in [0, 0.05) is 17.3 Å². The number of fused-ring (bicyclic) bond motifs is 1. The van der Waals surface area contributed by atoms with Crippen LogP contribution in [0.25, 0.3) is 10.9 Å². The number of aryl methyl sites for hydroxylation is 4. The minimum absolute atomic E-state index is 0.0705. The van der Waals surface area contributed by atoms with Gasteiger partial charge in [-0.3, -0.25) is 14.2 Å². The molecule has 1 amide bonds. The van der Waals surface area contributed by atoms with Crippen molar-refractivity contribution in [1.82, 2.24) is 4.57 Å². The van der Waals surface area contributed by atoms with E-state index in [2.05, 4.69) is 36.5 Å². The average Bonchev–Trinajstić information content (AvgIpc) is 2.85. The maximum Gasteiger partial charge on any atom is 0.254 e. The van der Waals surface area contributed by atoms with E-state index >= 15 is 0 Å². The standard InChI is InChI=1S/C29H30N2O3/c1-4-22-7-5-6-8-26(22)30-28(32)19-31-27-18-25(34-3)16-15-23(27)17-24(29(31)33)14-13-21-11-9-20(2)10-12-21/h5-12,15-18H,4,13-14,19H2,1-3H3,(H,30,32). The number of rotatable bonds is 8. The van der Waals surface area contributed by atoms with Gasteiger partial charge in [0.25, 0.3) is 5.56 Å². The maximum absolute atomic E-state index is 13.5. The summed E-state index contributed by atoms with van der Waals surface area (Å²) in [7, 11) is 1.59. The Labute approximate surface area is 200 Å². The Kier molecular flexibility index (Phi) is 7.12. The predicted octanol–water partition coefficient (Wildman–Crippen LogP) is 5.30. The maximum atomic E-state index is 13.5. The monoisotopic (exact) mass is 454 g/mol. The molecular weight excluding hydrogens is 424 g/mol. The number of methoxy groups -OCH3 is 1.